The van der Waals surface area contributed by atoms with Gasteiger partial charge in [-0.3, -0.25) is 9.59 Å². The minimum atomic E-state index is -1.26. The number of aliphatic carboxylic acids is 2. The lowest BCUT2D eigenvalue weighted by molar-refractivity contribution is -0.140. The normalized spacial score (nSPS) is 9.00. The van der Waals surface area contributed by atoms with Crippen LogP contribution in [-0.2, 0) is 9.59 Å². The third kappa shape index (κ3) is 4.62. The van der Waals surface area contributed by atoms with Crippen molar-refractivity contribution in [3.8, 4) is 0 Å². The van der Waals surface area contributed by atoms with Gasteiger partial charge in [0.2, 0.25) is 0 Å². The van der Waals surface area contributed by atoms with Crippen LogP contribution in [0, 0.1) is 0 Å². The molecule has 13 heavy (non-hydrogen) atoms. The van der Waals surface area contributed by atoms with Crippen LogP contribution in [0.3, 0.4) is 0 Å². The number of rotatable bonds is 4. The van der Waals surface area contributed by atoms with Gasteiger partial charge in [-0.25, -0.2) is 4.79 Å². The molecule has 7 nitrogen and oxygen atoms in total. The van der Waals surface area contributed by atoms with Crippen LogP contribution in [-0.4, -0.2) is 53.2 Å². The van der Waals surface area contributed by atoms with Gasteiger partial charge in [-0.15, -0.1) is 0 Å². The molecule has 0 saturated heterocycles. The highest BCUT2D eigenvalue weighted by Crippen LogP contribution is 1.88. The Morgan fingerprint density at radius 1 is 1.15 bits per heavy atom. The summed E-state index contributed by atoms with van der Waals surface area (Å²) < 4.78 is 0. The Balaban J connectivity index is 4.26. The molecule has 0 radical (unpaired) electrons. The predicted molar refractivity (Wildman–Crippen MR) is 41.3 cm³/mol. The van der Waals surface area contributed by atoms with Crippen molar-refractivity contribution in [1.82, 2.24) is 10.2 Å². The number of carboxylic acid groups (broad SMARTS) is 2. The van der Waals surface area contributed by atoms with Gasteiger partial charge < -0.3 is 20.4 Å². The SMILES string of the molecule is CNC(=O)N(CC(=O)O)CC(=O)O. The monoisotopic (exact) mass is 190 g/mol. The number of hydrogen-bond acceptors (Lipinski definition) is 3. The van der Waals surface area contributed by atoms with Crippen LogP contribution in [0.5, 0.6) is 0 Å². The molecule has 0 aliphatic carbocycles. The summed E-state index contributed by atoms with van der Waals surface area (Å²) in [6, 6.07) is -0.732. The number of hydrogen-bond donors (Lipinski definition) is 3. The zero-order valence-electron chi connectivity index (χ0n) is 6.98. The molecule has 7 heteroatoms. The van der Waals surface area contributed by atoms with Gasteiger partial charge in [0, 0.05) is 7.05 Å². The van der Waals surface area contributed by atoms with Crippen molar-refractivity contribution < 1.29 is 24.6 Å². The standard InChI is InChI=1S/C6H10N2O5/c1-7-6(13)8(2-4(9)10)3-5(11)12/h2-3H2,1H3,(H,7,13)(H,9,10)(H,11,12). The van der Waals surface area contributed by atoms with E-state index in [2.05, 4.69) is 5.32 Å². The van der Waals surface area contributed by atoms with Gasteiger partial charge in [0.25, 0.3) is 0 Å². The van der Waals surface area contributed by atoms with E-state index in [1.165, 1.54) is 7.05 Å². The first-order valence-electron chi connectivity index (χ1n) is 3.37. The second kappa shape index (κ2) is 4.96. The van der Waals surface area contributed by atoms with E-state index >= 15 is 0 Å². The first kappa shape index (κ1) is 11.2. The Bertz CT molecular complexity index is 211. The molecule has 0 aromatic carbocycles. The Morgan fingerprint density at radius 3 is 1.77 bits per heavy atom. The zero-order valence-corrected chi connectivity index (χ0v) is 6.98. The number of carbonyl (C=O) groups is 3. The number of nitrogens with zero attached hydrogens (tertiary/aromatic N) is 1. The molecule has 0 heterocycles. The van der Waals surface area contributed by atoms with E-state index in [0.29, 0.717) is 4.90 Å². The van der Waals surface area contributed by atoms with Crippen LogP contribution < -0.4 is 5.32 Å². The van der Waals surface area contributed by atoms with Gasteiger partial charge in [-0.1, -0.05) is 0 Å². The maximum absolute atomic E-state index is 10.9. The van der Waals surface area contributed by atoms with Crippen molar-refractivity contribution in [3.63, 3.8) is 0 Å². The van der Waals surface area contributed by atoms with Crippen LogP contribution in [0.15, 0.2) is 0 Å². The number of carboxylic acids is 2. The van der Waals surface area contributed by atoms with Gasteiger partial charge in [0.1, 0.15) is 13.1 Å². The Labute approximate surface area is 73.9 Å². The molecule has 0 aliphatic heterocycles. The maximum atomic E-state index is 10.9. The highest BCUT2D eigenvalue weighted by atomic mass is 16.4. The van der Waals surface area contributed by atoms with Crippen LogP contribution in [0.4, 0.5) is 4.79 Å². The van der Waals surface area contributed by atoms with E-state index in [1.807, 2.05) is 0 Å². The molecule has 0 aliphatic rings. The highest BCUT2D eigenvalue weighted by molar-refractivity contribution is 5.83. The van der Waals surface area contributed by atoms with Crippen molar-refractivity contribution >= 4 is 18.0 Å². The number of carbonyl (C=O) groups excluding carboxylic acids is 1. The van der Waals surface area contributed by atoms with E-state index in [9.17, 15) is 14.4 Å². The molecule has 0 unspecified atom stereocenters. The summed E-state index contributed by atoms with van der Waals surface area (Å²) >= 11 is 0. The van der Waals surface area contributed by atoms with Gasteiger partial charge in [0.15, 0.2) is 0 Å². The van der Waals surface area contributed by atoms with Crippen LogP contribution in [0.2, 0.25) is 0 Å². The lowest BCUT2D eigenvalue weighted by Crippen LogP contribution is -2.43. The van der Waals surface area contributed by atoms with E-state index in [-0.39, 0.29) is 0 Å². The minimum absolute atomic E-state index is 0.633. The van der Waals surface area contributed by atoms with Crippen molar-refractivity contribution in [2.24, 2.45) is 0 Å². The van der Waals surface area contributed by atoms with E-state index in [0.717, 1.165) is 0 Å². The lowest BCUT2D eigenvalue weighted by atomic mass is 10.5. The maximum Gasteiger partial charge on any atom is 0.323 e. The Hall–Kier alpha value is -1.79. The molecular formula is C6H10N2O5. The average molecular weight is 190 g/mol. The van der Waals surface area contributed by atoms with Crippen molar-refractivity contribution in [2.45, 2.75) is 0 Å². The van der Waals surface area contributed by atoms with Gasteiger partial charge >= 0.3 is 18.0 Å². The molecule has 0 spiro atoms. The molecule has 74 valence electrons. The van der Waals surface area contributed by atoms with Crippen molar-refractivity contribution in [1.29, 1.82) is 0 Å². The Morgan fingerprint density at radius 2 is 1.54 bits per heavy atom. The zero-order chi connectivity index (χ0) is 10.4. The smallest absolute Gasteiger partial charge is 0.323 e. The lowest BCUT2D eigenvalue weighted by Gasteiger charge is -2.17. The summed E-state index contributed by atoms with van der Waals surface area (Å²) in [6.07, 6.45) is 0. The molecular weight excluding hydrogens is 180 g/mol. The Kier molecular flexibility index (Phi) is 4.28. The number of nitrogens with one attached hydrogen (secondary N) is 1. The fraction of sp³-hybridized carbons (Fsp3) is 0.500. The topological polar surface area (TPSA) is 107 Å². The fourth-order valence-electron chi connectivity index (χ4n) is 0.684. The number of amides is 2. The summed E-state index contributed by atoms with van der Waals surface area (Å²) in [5.74, 6) is -2.52. The molecule has 0 aromatic rings. The minimum Gasteiger partial charge on any atom is -0.480 e. The fourth-order valence-corrected chi connectivity index (χ4v) is 0.684. The molecule has 0 aromatic heterocycles. The summed E-state index contributed by atoms with van der Waals surface area (Å²) in [4.78, 5) is 31.9. The molecule has 0 rings (SSSR count). The molecule has 0 atom stereocenters. The molecule has 0 saturated carbocycles. The van der Waals surface area contributed by atoms with E-state index in [1.54, 1.807) is 0 Å². The summed E-state index contributed by atoms with van der Waals surface area (Å²) in [7, 11) is 1.29. The average Bonchev–Trinajstić information content (AvgIpc) is 2.00. The van der Waals surface area contributed by atoms with E-state index in [4.69, 9.17) is 10.2 Å². The summed E-state index contributed by atoms with van der Waals surface area (Å²) in [5.41, 5.74) is 0. The third-order valence-corrected chi connectivity index (χ3v) is 1.15. The van der Waals surface area contributed by atoms with Crippen molar-refractivity contribution in [2.75, 3.05) is 20.1 Å². The second-order valence-electron chi connectivity index (χ2n) is 2.20. The molecule has 0 bridgehead atoms. The molecule has 0 fully saturated rings. The quantitative estimate of drug-likeness (QED) is 0.516. The molecule has 2 amide bonds. The second-order valence-corrected chi connectivity index (χ2v) is 2.20. The van der Waals surface area contributed by atoms with Gasteiger partial charge in [-0.05, 0) is 0 Å². The number of urea groups is 1. The van der Waals surface area contributed by atoms with E-state index < -0.39 is 31.1 Å². The molecule has 3 N–H and O–H groups in total. The summed E-state index contributed by atoms with van der Waals surface area (Å²) in [5, 5.41) is 18.8. The predicted octanol–water partition coefficient (Wildman–Crippen LogP) is -1.20. The van der Waals surface area contributed by atoms with Crippen LogP contribution in [0.25, 0.3) is 0 Å². The first-order chi connectivity index (χ1) is 5.97. The van der Waals surface area contributed by atoms with Gasteiger partial charge in [0.05, 0.1) is 0 Å². The first-order valence-corrected chi connectivity index (χ1v) is 3.37. The van der Waals surface area contributed by atoms with Crippen LogP contribution in [0.1, 0.15) is 0 Å². The summed E-state index contributed by atoms with van der Waals surface area (Å²) in [6.45, 7) is -1.27. The third-order valence-electron chi connectivity index (χ3n) is 1.15. The highest BCUT2D eigenvalue weighted by Gasteiger charge is 2.17. The van der Waals surface area contributed by atoms with Crippen molar-refractivity contribution in [3.05, 3.63) is 0 Å². The van der Waals surface area contributed by atoms with Crippen LogP contribution >= 0.6 is 0 Å². The van der Waals surface area contributed by atoms with Gasteiger partial charge in [-0.2, -0.15) is 0 Å². The largest absolute Gasteiger partial charge is 0.480 e.